The van der Waals surface area contributed by atoms with Crippen molar-refractivity contribution in [1.29, 1.82) is 0 Å². The molecular weight excluding hydrogens is 330 g/mol. The first-order chi connectivity index (χ1) is 10.1. The zero-order chi connectivity index (χ0) is 14.4. The average Bonchev–Trinajstić information content (AvgIpc) is 2.80. The number of aromatic nitrogens is 2. The second kappa shape index (κ2) is 5.11. The van der Waals surface area contributed by atoms with Gasteiger partial charge in [0.2, 0.25) is 5.91 Å². The molecule has 1 amide bonds. The molecule has 5 heteroatoms. The molecule has 4 saturated carbocycles. The van der Waals surface area contributed by atoms with Gasteiger partial charge in [0.1, 0.15) is 6.54 Å². The van der Waals surface area contributed by atoms with E-state index in [4.69, 9.17) is 0 Å². The molecule has 4 aliphatic carbocycles. The Morgan fingerprint density at radius 2 is 1.90 bits per heavy atom. The minimum Gasteiger partial charge on any atom is -0.354 e. The summed E-state index contributed by atoms with van der Waals surface area (Å²) in [5.74, 6) is 2.90. The van der Waals surface area contributed by atoms with E-state index in [-0.39, 0.29) is 5.91 Å². The molecule has 4 bridgehead atoms. The highest BCUT2D eigenvalue weighted by atomic mass is 79.9. The fraction of sp³-hybridized carbons (Fsp3) is 0.750. The first kappa shape index (κ1) is 13.8. The highest BCUT2D eigenvalue weighted by molar-refractivity contribution is 9.10. The molecule has 4 fully saturated rings. The number of nitrogens with one attached hydrogen (secondary N) is 1. The summed E-state index contributed by atoms with van der Waals surface area (Å²) in [7, 11) is 0. The number of carbonyl (C=O) groups excluding carboxylic acids is 1. The molecule has 0 atom stereocenters. The number of hydrogen-bond acceptors (Lipinski definition) is 2. The van der Waals surface area contributed by atoms with Crippen LogP contribution >= 0.6 is 15.9 Å². The number of hydrogen-bond donors (Lipinski definition) is 1. The quantitative estimate of drug-likeness (QED) is 0.906. The predicted molar refractivity (Wildman–Crippen MR) is 83.5 cm³/mol. The summed E-state index contributed by atoms with van der Waals surface area (Å²) in [6.07, 6.45) is 11.9. The molecule has 0 aromatic carbocycles. The van der Waals surface area contributed by atoms with E-state index in [9.17, 15) is 4.79 Å². The molecule has 1 heterocycles. The topological polar surface area (TPSA) is 46.9 Å². The van der Waals surface area contributed by atoms with Crippen molar-refractivity contribution >= 4 is 21.8 Å². The fourth-order valence-corrected chi connectivity index (χ4v) is 5.75. The zero-order valence-corrected chi connectivity index (χ0v) is 13.8. The van der Waals surface area contributed by atoms with Gasteiger partial charge in [-0.15, -0.1) is 0 Å². The molecule has 0 radical (unpaired) electrons. The van der Waals surface area contributed by atoms with Crippen molar-refractivity contribution in [3.63, 3.8) is 0 Å². The van der Waals surface area contributed by atoms with Crippen LogP contribution in [-0.4, -0.2) is 22.2 Å². The van der Waals surface area contributed by atoms with E-state index in [1.54, 1.807) is 10.9 Å². The van der Waals surface area contributed by atoms with E-state index in [1.807, 2.05) is 6.20 Å². The van der Waals surface area contributed by atoms with E-state index in [1.165, 1.54) is 38.5 Å². The maximum Gasteiger partial charge on any atom is 0.241 e. The zero-order valence-electron chi connectivity index (χ0n) is 12.2. The maximum atomic E-state index is 12.1. The highest BCUT2D eigenvalue weighted by Crippen LogP contribution is 2.59. The van der Waals surface area contributed by atoms with Crippen LogP contribution < -0.4 is 5.32 Å². The van der Waals surface area contributed by atoms with Gasteiger partial charge in [0.05, 0.1) is 10.7 Å². The average molecular weight is 352 g/mol. The first-order valence-electron chi connectivity index (χ1n) is 8.05. The van der Waals surface area contributed by atoms with Crippen LogP contribution in [0, 0.1) is 23.2 Å². The van der Waals surface area contributed by atoms with Crippen molar-refractivity contribution in [2.45, 2.75) is 45.1 Å². The Balaban J connectivity index is 1.35. The van der Waals surface area contributed by atoms with Crippen LogP contribution in [0.1, 0.15) is 38.5 Å². The van der Waals surface area contributed by atoms with Gasteiger partial charge in [-0.1, -0.05) is 0 Å². The van der Waals surface area contributed by atoms with Crippen LogP contribution in [0.15, 0.2) is 16.9 Å². The molecule has 4 aliphatic rings. The number of halogens is 1. The van der Waals surface area contributed by atoms with Crippen molar-refractivity contribution in [2.24, 2.45) is 23.2 Å². The molecule has 1 N–H and O–H groups in total. The molecule has 21 heavy (non-hydrogen) atoms. The Morgan fingerprint density at radius 1 is 1.29 bits per heavy atom. The van der Waals surface area contributed by atoms with Crippen molar-refractivity contribution < 1.29 is 4.79 Å². The minimum absolute atomic E-state index is 0.0846. The lowest BCUT2D eigenvalue weighted by Crippen LogP contribution is -2.51. The van der Waals surface area contributed by atoms with Crippen LogP contribution in [-0.2, 0) is 11.3 Å². The van der Waals surface area contributed by atoms with Gasteiger partial charge in [-0.25, -0.2) is 0 Å². The number of carbonyl (C=O) groups is 1. The molecule has 4 nitrogen and oxygen atoms in total. The molecule has 5 rings (SSSR count). The van der Waals surface area contributed by atoms with Crippen LogP contribution in [0.2, 0.25) is 0 Å². The van der Waals surface area contributed by atoms with Crippen molar-refractivity contribution in [3.8, 4) is 0 Å². The SMILES string of the molecule is O=C(Cn1cc(Br)cn1)NCC12CC3CC(CC(C3)C1)C2. The first-order valence-corrected chi connectivity index (χ1v) is 8.84. The van der Waals surface area contributed by atoms with Crippen LogP contribution in [0.4, 0.5) is 0 Å². The molecule has 1 aromatic rings. The summed E-state index contributed by atoms with van der Waals surface area (Å²) in [5, 5.41) is 7.32. The van der Waals surface area contributed by atoms with Gasteiger partial charge in [-0.3, -0.25) is 9.48 Å². The summed E-state index contributed by atoms with van der Waals surface area (Å²) in [5.41, 5.74) is 0.412. The number of nitrogens with zero attached hydrogens (tertiary/aromatic N) is 2. The lowest BCUT2D eigenvalue weighted by atomic mass is 9.49. The predicted octanol–water partition coefficient (Wildman–Crippen LogP) is 2.98. The van der Waals surface area contributed by atoms with Gasteiger partial charge < -0.3 is 5.32 Å². The summed E-state index contributed by atoms with van der Waals surface area (Å²) >= 11 is 3.35. The standard InChI is InChI=1S/C16H22BrN3O/c17-14-7-19-20(8-14)9-15(21)18-10-16-4-11-1-12(5-16)3-13(2-11)6-16/h7-8,11-13H,1-6,9-10H2,(H,18,21). The van der Waals surface area contributed by atoms with E-state index < -0.39 is 0 Å². The van der Waals surface area contributed by atoms with Crippen molar-refractivity contribution in [3.05, 3.63) is 16.9 Å². The van der Waals surface area contributed by atoms with Gasteiger partial charge in [-0.2, -0.15) is 5.10 Å². The third kappa shape index (κ3) is 2.77. The van der Waals surface area contributed by atoms with Crippen molar-refractivity contribution in [2.75, 3.05) is 6.54 Å². The Morgan fingerprint density at radius 3 is 2.43 bits per heavy atom. The summed E-state index contributed by atoms with van der Waals surface area (Å²) in [6.45, 7) is 1.19. The number of rotatable bonds is 4. The van der Waals surface area contributed by atoms with Gasteiger partial charge in [0.25, 0.3) is 0 Å². The monoisotopic (exact) mass is 351 g/mol. The largest absolute Gasteiger partial charge is 0.354 e. The van der Waals surface area contributed by atoms with Gasteiger partial charge in [-0.05, 0) is 77.6 Å². The Hall–Kier alpha value is -0.840. The molecule has 114 valence electrons. The summed E-state index contributed by atoms with van der Waals surface area (Å²) in [6, 6.07) is 0. The summed E-state index contributed by atoms with van der Waals surface area (Å²) in [4.78, 5) is 12.1. The third-order valence-electron chi connectivity index (χ3n) is 5.73. The van der Waals surface area contributed by atoms with Crippen LogP contribution in [0.25, 0.3) is 0 Å². The van der Waals surface area contributed by atoms with E-state index >= 15 is 0 Å². The van der Waals surface area contributed by atoms with Gasteiger partial charge >= 0.3 is 0 Å². The highest BCUT2D eigenvalue weighted by Gasteiger charge is 2.50. The number of amides is 1. The lowest BCUT2D eigenvalue weighted by Gasteiger charge is -2.56. The van der Waals surface area contributed by atoms with Crippen molar-refractivity contribution in [1.82, 2.24) is 15.1 Å². The Bertz CT molecular complexity index is 518. The Kier molecular flexibility index (Phi) is 3.36. The molecule has 1 aromatic heterocycles. The van der Waals surface area contributed by atoms with Crippen LogP contribution in [0.5, 0.6) is 0 Å². The van der Waals surface area contributed by atoms with Gasteiger partial charge in [0, 0.05) is 12.7 Å². The minimum atomic E-state index is 0.0846. The third-order valence-corrected chi connectivity index (χ3v) is 6.14. The molecule has 0 saturated heterocycles. The Labute approximate surface area is 133 Å². The molecular formula is C16H22BrN3O. The van der Waals surface area contributed by atoms with Crippen LogP contribution in [0.3, 0.4) is 0 Å². The van der Waals surface area contributed by atoms with E-state index in [0.717, 1.165) is 28.8 Å². The lowest BCUT2D eigenvalue weighted by molar-refractivity contribution is -0.124. The smallest absolute Gasteiger partial charge is 0.241 e. The summed E-state index contributed by atoms with van der Waals surface area (Å²) < 4.78 is 2.59. The molecule has 0 spiro atoms. The molecule has 0 aliphatic heterocycles. The maximum absolute atomic E-state index is 12.1. The van der Waals surface area contributed by atoms with E-state index in [0.29, 0.717) is 12.0 Å². The second-order valence-electron chi connectivity index (χ2n) is 7.55. The molecule has 0 unspecified atom stereocenters. The normalized spacial score (nSPS) is 36.9. The fourth-order valence-electron chi connectivity index (χ4n) is 5.42. The van der Waals surface area contributed by atoms with E-state index in [2.05, 4.69) is 26.3 Å². The van der Waals surface area contributed by atoms with Gasteiger partial charge in [0.15, 0.2) is 0 Å². The second-order valence-corrected chi connectivity index (χ2v) is 8.47.